The van der Waals surface area contributed by atoms with Crippen LogP contribution in [-0.2, 0) is 28.6 Å². The lowest BCUT2D eigenvalue weighted by molar-refractivity contribution is -0.160. The van der Waals surface area contributed by atoms with E-state index < -0.39 is 41.6 Å². The van der Waals surface area contributed by atoms with Crippen LogP contribution in [-0.4, -0.2) is 47.9 Å². The van der Waals surface area contributed by atoms with Crippen molar-refractivity contribution in [2.45, 2.75) is 58.3 Å². The highest BCUT2D eigenvalue weighted by molar-refractivity contribution is 5.93. The number of rotatable bonds is 3. The van der Waals surface area contributed by atoms with Crippen LogP contribution in [0.5, 0.6) is 0 Å². The molecule has 0 spiro atoms. The topological polar surface area (TPSA) is 99.1 Å². The molecule has 26 heavy (non-hydrogen) atoms. The highest BCUT2D eigenvalue weighted by Crippen LogP contribution is 2.56. The minimum absolute atomic E-state index is 0.214. The summed E-state index contributed by atoms with van der Waals surface area (Å²) in [5.41, 5.74) is 1.03. The van der Waals surface area contributed by atoms with Gasteiger partial charge in [-0.3, -0.25) is 9.59 Å². The summed E-state index contributed by atoms with van der Waals surface area (Å²) in [6, 6.07) is 0. The first kappa shape index (κ1) is 18.6. The van der Waals surface area contributed by atoms with Crippen LogP contribution in [0.4, 0.5) is 0 Å². The van der Waals surface area contributed by atoms with Crippen LogP contribution >= 0.6 is 0 Å². The molecule has 0 aromatic carbocycles. The quantitative estimate of drug-likeness (QED) is 0.459. The van der Waals surface area contributed by atoms with Crippen molar-refractivity contribution in [2.24, 2.45) is 11.3 Å². The third-order valence-corrected chi connectivity index (χ3v) is 5.79. The van der Waals surface area contributed by atoms with Crippen LogP contribution in [0.3, 0.4) is 0 Å². The van der Waals surface area contributed by atoms with Crippen LogP contribution in [0, 0.1) is 11.3 Å². The molecular weight excluding hydrogens is 340 g/mol. The van der Waals surface area contributed by atoms with E-state index in [2.05, 4.69) is 6.58 Å². The first-order chi connectivity index (χ1) is 12.1. The Bertz CT molecular complexity index is 707. The number of hydrogen-bond acceptors (Lipinski definition) is 7. The summed E-state index contributed by atoms with van der Waals surface area (Å²) in [4.78, 5) is 35.2. The van der Waals surface area contributed by atoms with Gasteiger partial charge in [0.15, 0.2) is 0 Å². The van der Waals surface area contributed by atoms with Gasteiger partial charge in [0, 0.05) is 30.8 Å². The van der Waals surface area contributed by atoms with Gasteiger partial charge in [0.25, 0.3) is 0 Å². The van der Waals surface area contributed by atoms with Gasteiger partial charge < -0.3 is 19.3 Å². The van der Waals surface area contributed by atoms with Crippen molar-refractivity contribution in [3.05, 3.63) is 23.3 Å². The van der Waals surface area contributed by atoms with E-state index in [1.165, 1.54) is 13.8 Å². The van der Waals surface area contributed by atoms with Gasteiger partial charge in [-0.25, -0.2) is 4.79 Å². The molecule has 0 unspecified atom stereocenters. The van der Waals surface area contributed by atoms with E-state index in [0.29, 0.717) is 24.8 Å². The summed E-state index contributed by atoms with van der Waals surface area (Å²) in [5, 5.41) is 10.7. The van der Waals surface area contributed by atoms with Gasteiger partial charge in [-0.2, -0.15) is 0 Å². The molecule has 7 nitrogen and oxygen atoms in total. The van der Waals surface area contributed by atoms with Gasteiger partial charge in [-0.1, -0.05) is 19.1 Å². The molecule has 3 rings (SSSR count). The van der Waals surface area contributed by atoms with E-state index in [-0.39, 0.29) is 18.1 Å². The molecule has 2 fully saturated rings. The Morgan fingerprint density at radius 1 is 1.35 bits per heavy atom. The Hall–Kier alpha value is -2.15. The minimum atomic E-state index is -0.712. The third kappa shape index (κ3) is 2.94. The maximum absolute atomic E-state index is 12.4. The maximum atomic E-state index is 12.4. The first-order valence-corrected chi connectivity index (χ1v) is 8.75. The van der Waals surface area contributed by atoms with Crippen molar-refractivity contribution in [3.63, 3.8) is 0 Å². The van der Waals surface area contributed by atoms with Gasteiger partial charge in [-0.15, -0.1) is 0 Å². The molecule has 1 heterocycles. The predicted molar refractivity (Wildman–Crippen MR) is 89.7 cm³/mol. The Kier molecular flexibility index (Phi) is 4.69. The van der Waals surface area contributed by atoms with E-state index in [4.69, 9.17) is 14.2 Å². The van der Waals surface area contributed by atoms with Gasteiger partial charge in [-0.05, 0) is 19.3 Å². The molecule has 0 amide bonds. The number of aliphatic hydroxyl groups excluding tert-OH is 1. The lowest BCUT2D eigenvalue weighted by Crippen LogP contribution is -2.56. The van der Waals surface area contributed by atoms with Gasteiger partial charge in [0.2, 0.25) is 0 Å². The Morgan fingerprint density at radius 3 is 2.65 bits per heavy atom. The van der Waals surface area contributed by atoms with Crippen molar-refractivity contribution >= 4 is 17.9 Å². The third-order valence-electron chi connectivity index (χ3n) is 5.79. The van der Waals surface area contributed by atoms with Crippen molar-refractivity contribution in [1.82, 2.24) is 0 Å². The summed E-state index contributed by atoms with van der Waals surface area (Å²) in [6.45, 7) is 8.37. The van der Waals surface area contributed by atoms with Gasteiger partial charge in [0.1, 0.15) is 18.8 Å². The number of esters is 3. The Balaban J connectivity index is 2.06. The highest BCUT2D eigenvalue weighted by atomic mass is 16.6. The molecular formula is C19H24O7. The molecule has 0 aromatic rings. The van der Waals surface area contributed by atoms with E-state index >= 15 is 0 Å². The summed E-state index contributed by atoms with van der Waals surface area (Å²) in [7, 11) is 0. The molecule has 0 aromatic heterocycles. The molecule has 2 saturated carbocycles. The average Bonchev–Trinajstić information content (AvgIpc) is 2.84. The van der Waals surface area contributed by atoms with Crippen LogP contribution in [0.25, 0.3) is 0 Å². The van der Waals surface area contributed by atoms with Crippen molar-refractivity contribution < 1.29 is 33.7 Å². The number of carbonyl (C=O) groups excluding carboxylic acids is 3. The van der Waals surface area contributed by atoms with Crippen molar-refractivity contribution in [3.8, 4) is 0 Å². The molecule has 0 bridgehead atoms. The maximum Gasteiger partial charge on any atom is 0.338 e. The van der Waals surface area contributed by atoms with Crippen LogP contribution in [0.2, 0.25) is 0 Å². The second-order valence-electron chi connectivity index (χ2n) is 7.54. The molecule has 3 aliphatic rings. The molecule has 1 aliphatic heterocycles. The lowest BCUT2D eigenvalue weighted by Gasteiger charge is -2.53. The zero-order valence-electron chi connectivity index (χ0n) is 15.2. The Labute approximate surface area is 152 Å². The Morgan fingerprint density at radius 2 is 2.04 bits per heavy atom. The van der Waals surface area contributed by atoms with Gasteiger partial charge in [0.05, 0.1) is 11.7 Å². The number of fused-ring (bicyclic) bond motifs is 3. The zero-order valence-corrected chi connectivity index (χ0v) is 15.2. The van der Waals surface area contributed by atoms with E-state index in [9.17, 15) is 19.5 Å². The number of hydrogen-bond donors (Lipinski definition) is 1. The normalized spacial score (nSPS) is 36.2. The molecule has 0 radical (unpaired) electrons. The second kappa shape index (κ2) is 6.54. The zero-order chi connectivity index (χ0) is 19.2. The fourth-order valence-electron chi connectivity index (χ4n) is 4.60. The van der Waals surface area contributed by atoms with E-state index in [1.807, 2.05) is 6.92 Å². The second-order valence-corrected chi connectivity index (χ2v) is 7.54. The monoisotopic (exact) mass is 364 g/mol. The van der Waals surface area contributed by atoms with Crippen LogP contribution in [0.15, 0.2) is 23.3 Å². The predicted octanol–water partition coefficient (Wildman–Crippen LogP) is 1.44. The van der Waals surface area contributed by atoms with Crippen LogP contribution in [0.1, 0.15) is 40.0 Å². The summed E-state index contributed by atoms with van der Waals surface area (Å²) in [5.74, 6) is -1.86. The number of carbonyl (C=O) groups is 3. The van der Waals surface area contributed by atoms with Crippen molar-refractivity contribution in [1.29, 1.82) is 0 Å². The summed E-state index contributed by atoms with van der Waals surface area (Å²) >= 11 is 0. The molecule has 7 heteroatoms. The lowest BCUT2D eigenvalue weighted by atomic mass is 9.55. The van der Waals surface area contributed by atoms with Crippen LogP contribution < -0.4 is 0 Å². The van der Waals surface area contributed by atoms with Crippen molar-refractivity contribution in [2.75, 3.05) is 6.61 Å². The summed E-state index contributed by atoms with van der Waals surface area (Å²) < 4.78 is 16.1. The summed E-state index contributed by atoms with van der Waals surface area (Å²) in [6.07, 6.45) is -0.439. The average molecular weight is 364 g/mol. The fraction of sp³-hybridized carbons (Fsp3) is 0.632. The largest absolute Gasteiger partial charge is 0.461 e. The standard InChI is InChI=1S/C19H24O7/c1-9-5-6-14(22)19(4)7-13(25-11(3)21)15-12(8-24-10(2)20)18(23)26-17(15)16(9)19/h13-14,16-17,22H,1,5-8H2,2-4H3/t13-,14+,16+,17-,19-/m0/s1. The fourth-order valence-corrected chi connectivity index (χ4v) is 4.60. The number of aliphatic hydroxyl groups is 1. The molecule has 1 N–H and O–H groups in total. The molecule has 2 aliphatic carbocycles. The molecule has 0 saturated heterocycles. The first-order valence-electron chi connectivity index (χ1n) is 8.75. The smallest absolute Gasteiger partial charge is 0.338 e. The van der Waals surface area contributed by atoms with E-state index in [0.717, 1.165) is 5.57 Å². The van der Waals surface area contributed by atoms with Gasteiger partial charge >= 0.3 is 17.9 Å². The molecule has 142 valence electrons. The highest BCUT2D eigenvalue weighted by Gasteiger charge is 2.59. The minimum Gasteiger partial charge on any atom is -0.461 e. The number of ether oxygens (including phenoxy) is 3. The SMILES string of the molecule is C=C1CC[C@@H](O)[C@]2(C)C[C@H](OC(C)=O)C3=C(COC(C)=O)C(=O)O[C@@H]3[C@@H]12. The molecule has 5 atom stereocenters. The van der Waals surface area contributed by atoms with E-state index in [1.54, 1.807) is 0 Å².